The maximum atomic E-state index is 13.1. The Kier molecular flexibility index (Phi) is 28.6. The average molecular weight is 1710 g/mol. The summed E-state index contributed by atoms with van der Waals surface area (Å²) in [5, 5.41) is 30.4. The van der Waals surface area contributed by atoms with E-state index in [0.717, 1.165) is 188 Å². The van der Waals surface area contributed by atoms with Crippen molar-refractivity contribution in [2.45, 2.75) is 54.1 Å². The lowest BCUT2D eigenvalue weighted by Gasteiger charge is -2.34. The number of H-pyrrole nitrogens is 3. The Morgan fingerprint density at radius 2 is 0.926 bits per heavy atom. The fourth-order valence-electron chi connectivity index (χ4n) is 15.0. The Labute approximate surface area is 716 Å². The number of aromatic amines is 3. The van der Waals surface area contributed by atoms with Gasteiger partial charge in [-0.15, -0.1) is 34.0 Å². The number of allylic oxidation sites excluding steroid dienone is 2. The summed E-state index contributed by atoms with van der Waals surface area (Å²) in [4.78, 5) is 126. The smallest absolute Gasteiger partial charge is 0.266 e. The molecule has 0 spiro atoms. The zero-order valence-corrected chi connectivity index (χ0v) is 68.7. The molecule has 0 saturated carbocycles. The van der Waals surface area contributed by atoms with Gasteiger partial charge in [0.25, 0.3) is 17.7 Å². The largest absolute Gasteiger partial charge is 0.378 e. The molecule has 6 N–H and O–H groups in total. The van der Waals surface area contributed by atoms with Gasteiger partial charge < -0.3 is 49.3 Å². The van der Waals surface area contributed by atoms with Crippen LogP contribution < -0.4 is 30.8 Å². The van der Waals surface area contributed by atoms with Gasteiger partial charge in [-0.1, -0.05) is 82.6 Å². The molecule has 0 atom stereocenters. The summed E-state index contributed by atoms with van der Waals surface area (Å²) in [5.74, 6) is 3.73. The number of ketones is 1. The van der Waals surface area contributed by atoms with Crippen molar-refractivity contribution in [1.82, 2.24) is 90.9 Å². The number of anilines is 4. The Bertz CT molecular complexity index is 5920. The van der Waals surface area contributed by atoms with Gasteiger partial charge in [-0.05, 0) is 85.7 Å². The van der Waals surface area contributed by atoms with Crippen LogP contribution in [0.25, 0.3) is 97.5 Å². The molecule has 0 unspecified atom stereocenters. The van der Waals surface area contributed by atoms with Crippen LogP contribution in [0.4, 0.5) is 23.1 Å². The maximum Gasteiger partial charge on any atom is 0.266 e. The molecule has 32 nitrogen and oxygen atoms in total. The van der Waals surface area contributed by atoms with Crippen molar-refractivity contribution >= 4 is 156 Å². The van der Waals surface area contributed by atoms with E-state index in [0.29, 0.717) is 107 Å². The van der Waals surface area contributed by atoms with E-state index < -0.39 is 5.91 Å². The number of aromatic nitrogens is 12. The monoisotopic (exact) mass is 1710 g/mol. The summed E-state index contributed by atoms with van der Waals surface area (Å²) in [6.45, 7) is 24.7. The number of hydrogen-bond donors (Lipinski definition) is 6. The molecule has 5 aliphatic heterocycles. The van der Waals surface area contributed by atoms with Crippen LogP contribution in [-0.4, -0.2) is 260 Å². The number of carbonyl (C=O) groups is 6. The Morgan fingerprint density at radius 1 is 0.500 bits per heavy atom. The minimum atomic E-state index is -0.479. The number of nitrogens with zero attached hydrogens (tertiary/aromatic N) is 16. The van der Waals surface area contributed by atoms with Gasteiger partial charge in [-0.2, -0.15) is 15.3 Å². The van der Waals surface area contributed by atoms with Crippen molar-refractivity contribution in [2.75, 3.05) is 164 Å². The zero-order valence-electron chi connectivity index (χ0n) is 66.2. The summed E-state index contributed by atoms with van der Waals surface area (Å²) in [7, 11) is 0. The molecule has 5 amide bonds. The molecule has 35 heteroatoms. The normalized spacial score (nSPS) is 15.4. The van der Waals surface area contributed by atoms with Gasteiger partial charge in [0.1, 0.15) is 0 Å². The Balaban J connectivity index is 0.000000148. The third-order valence-corrected chi connectivity index (χ3v) is 24.6. The summed E-state index contributed by atoms with van der Waals surface area (Å²) in [6.07, 6.45) is 12.2. The second-order valence-corrected chi connectivity index (χ2v) is 32.5. The first-order chi connectivity index (χ1) is 58.8. The standard InChI is InChI=1S/C29H27N7O3S.C29H33N7O3S.C27H30N8O4S.2CH4/c1-2-25(37)32-19-8-6-18(7-9-19)10-11-30-29(38)24-16-23-26(40-24)28(36-12-14-39-15-13-36)34-27(33-23)20-4-3-5-22-21(20)17-31-35-22;1-2-4-20(37)7-8-26(38)35-11-9-34(10-12-35)19-21-17-25-27(40-21)29(36-13-15-39-16-14-36)32-28(31-25)22-5-3-6-24-23(22)18-30-33-24;1-2-23(36)32-39-17-24(37)34-8-6-33(7-9-34)16-18-14-22-25(40-18)27(35-10-12-38-13-11-35)30-26(29-22)19-4-3-5-21-20(19)15-28-31-21;;/h2-9,16-17H,1,10-15H2,(H,30,38)(H,31,35)(H,32,37);2-6,17-18H,7-16,19H2,1H3,(H,30,33);2-5,14-15H,1,6-13,16-17H2,(H,28,31)(H,32,36);2*1H4/b;4-2+;;;. The van der Waals surface area contributed by atoms with E-state index >= 15 is 0 Å². The Hall–Kier alpha value is -12.2. The highest BCUT2D eigenvalue weighted by atomic mass is 32.1. The molecule has 9 aromatic heterocycles. The number of morpholine rings is 3. The minimum absolute atomic E-state index is 0. The number of rotatable bonds is 24. The highest BCUT2D eigenvalue weighted by Gasteiger charge is 2.30. The van der Waals surface area contributed by atoms with Crippen molar-refractivity contribution in [3.8, 4) is 34.2 Å². The van der Waals surface area contributed by atoms with E-state index in [1.54, 1.807) is 39.8 Å². The van der Waals surface area contributed by atoms with E-state index in [4.69, 9.17) is 49.0 Å². The highest BCUT2D eigenvalue weighted by molar-refractivity contribution is 7.21. The topological polar surface area (TPSA) is 361 Å². The fraction of sp³-hybridized carbons (Fsp3) is 0.345. The molecular weight excluding hydrogens is 1610 g/mol. The van der Waals surface area contributed by atoms with E-state index in [2.05, 4.69) is 96.5 Å². The van der Waals surface area contributed by atoms with Crippen LogP contribution in [-0.2, 0) is 62.5 Å². The second kappa shape index (κ2) is 40.5. The van der Waals surface area contributed by atoms with Crippen LogP contribution in [0, 0.1) is 0 Å². The third kappa shape index (κ3) is 20.4. The summed E-state index contributed by atoms with van der Waals surface area (Å²) >= 11 is 4.88. The lowest BCUT2D eigenvalue weighted by Crippen LogP contribution is -2.49. The first-order valence-electron chi connectivity index (χ1n) is 40.0. The maximum absolute atomic E-state index is 13.1. The van der Waals surface area contributed by atoms with Crippen LogP contribution in [0.2, 0.25) is 0 Å². The number of fused-ring (bicyclic) bond motifs is 6. The van der Waals surface area contributed by atoms with Crippen LogP contribution in [0.3, 0.4) is 0 Å². The van der Waals surface area contributed by atoms with Crippen LogP contribution in [0.15, 0.2) is 153 Å². The number of ether oxygens (including phenoxy) is 3. The number of piperazine rings is 2. The number of nitrogens with one attached hydrogen (secondary N) is 6. The van der Waals surface area contributed by atoms with Gasteiger partial charge in [0, 0.05) is 172 Å². The van der Waals surface area contributed by atoms with Gasteiger partial charge in [0.15, 0.2) is 47.3 Å². The number of hydroxylamine groups is 1. The van der Waals surface area contributed by atoms with E-state index in [1.165, 1.54) is 33.2 Å². The van der Waals surface area contributed by atoms with Gasteiger partial charge >= 0.3 is 0 Å². The minimum Gasteiger partial charge on any atom is -0.378 e. The van der Waals surface area contributed by atoms with Crippen molar-refractivity contribution in [3.05, 3.63) is 173 Å². The average Bonchev–Trinajstić information content (AvgIpc) is 1.61. The first-order valence-corrected chi connectivity index (χ1v) is 42.4. The third-order valence-electron chi connectivity index (χ3n) is 21.3. The number of amides is 5. The predicted octanol–water partition coefficient (Wildman–Crippen LogP) is 11.0. The van der Waals surface area contributed by atoms with E-state index in [1.807, 2.05) is 109 Å². The van der Waals surface area contributed by atoms with Gasteiger partial charge in [0.05, 0.1) is 110 Å². The molecule has 5 fully saturated rings. The predicted molar refractivity (Wildman–Crippen MR) is 478 cm³/mol. The Morgan fingerprint density at radius 3 is 1.36 bits per heavy atom. The lowest BCUT2D eigenvalue weighted by atomic mass is 10.1. The van der Waals surface area contributed by atoms with Crippen LogP contribution >= 0.6 is 34.0 Å². The molecule has 5 saturated heterocycles. The second-order valence-electron chi connectivity index (χ2n) is 29.1. The number of carbonyl (C=O) groups excluding carboxylic acids is 6. The molecule has 122 heavy (non-hydrogen) atoms. The molecule has 18 rings (SSSR count). The number of benzene rings is 4. The number of hydrogen-bond acceptors (Lipinski definition) is 27. The van der Waals surface area contributed by atoms with Crippen molar-refractivity contribution in [2.24, 2.45) is 0 Å². The molecule has 0 aliphatic carbocycles. The molecule has 0 radical (unpaired) electrons. The van der Waals surface area contributed by atoms with Gasteiger partial charge in [-0.25, -0.2) is 35.4 Å². The van der Waals surface area contributed by atoms with Gasteiger partial charge in [-0.3, -0.25) is 58.7 Å². The highest BCUT2D eigenvalue weighted by Crippen LogP contribution is 2.41. The van der Waals surface area contributed by atoms with E-state index in [9.17, 15) is 28.8 Å². The molecular formula is C87H98N22O10S3. The SMILES string of the molecule is C.C.C/C=C/C(=O)CCC(=O)N1CCN(Cc2cc3nc(-c4cccc5[nH]ncc45)nc(N4CCOCC4)c3s2)CC1.C=CC(=O)NOCC(=O)N1CCN(Cc2cc3nc(-c4cccc5[nH]ncc45)nc(N4CCOCC4)c3s2)CC1.C=CC(=O)Nc1ccc(CCNC(=O)c2cc3nc(-c4cccc5[nH]ncc45)nc(N4CCOCC4)c3s2)cc1. The zero-order chi connectivity index (χ0) is 82.4. The molecule has 5 aliphatic rings. The molecule has 0 bridgehead atoms. The van der Waals surface area contributed by atoms with Crippen LogP contribution in [0.1, 0.15) is 59.6 Å². The van der Waals surface area contributed by atoms with Crippen molar-refractivity contribution < 1.29 is 47.8 Å². The van der Waals surface area contributed by atoms with Crippen LogP contribution in [0.5, 0.6) is 0 Å². The first kappa shape index (κ1) is 86.2. The van der Waals surface area contributed by atoms with Gasteiger partial charge in [0.2, 0.25) is 11.8 Å². The van der Waals surface area contributed by atoms with Crippen molar-refractivity contribution in [1.29, 1.82) is 0 Å². The molecule has 634 valence electrons. The van der Waals surface area contributed by atoms with Crippen molar-refractivity contribution in [3.63, 3.8) is 0 Å². The summed E-state index contributed by atoms with van der Waals surface area (Å²) < 4.78 is 19.8. The molecule has 4 aromatic carbocycles. The molecule has 13 aromatic rings. The fourth-order valence-corrected chi connectivity index (χ4v) is 18.3. The lowest BCUT2D eigenvalue weighted by molar-refractivity contribution is -0.144. The number of thiophene rings is 3. The summed E-state index contributed by atoms with van der Waals surface area (Å²) in [5.41, 5.74) is 12.1. The van der Waals surface area contributed by atoms with E-state index in [-0.39, 0.29) is 63.7 Å². The molecule has 14 heterocycles. The summed E-state index contributed by atoms with van der Waals surface area (Å²) in [6, 6.07) is 31.7. The quantitative estimate of drug-likeness (QED) is 0.0242.